The van der Waals surface area contributed by atoms with Gasteiger partial charge in [0.1, 0.15) is 13.2 Å². The maximum absolute atomic E-state index is 12.9. The summed E-state index contributed by atoms with van der Waals surface area (Å²) in [4.78, 5) is 25.4. The molecule has 0 fully saturated rings. The Bertz CT molecular complexity index is 1420. The van der Waals surface area contributed by atoms with Crippen molar-refractivity contribution in [1.29, 1.82) is 0 Å². The van der Waals surface area contributed by atoms with Crippen molar-refractivity contribution in [3.05, 3.63) is 97.2 Å². The molecule has 0 aliphatic rings. The largest absolute Gasteiger partial charge is 0.756 e. The first-order chi connectivity index (χ1) is 33.0. The van der Waals surface area contributed by atoms with E-state index in [0.29, 0.717) is 17.4 Å². The standard InChI is InChI=1S/C59H105N2O6P/c1-6-8-10-12-14-16-18-20-21-22-23-24-25-26-27-28-29-30-31-32-33-34-35-36-37-38-39-41-43-45-47-49-51-53-59(63)60-57(56-67-68(64,65)66-55-54-61(3,4)5)58(62)52-50-48-46-44-42-40-19-17-15-13-11-9-7-2/h8,10,14,16,20-21,23-24,26-27,29-30,42,44,50,52,57-58,62H,6-7,9,11-13,15,17-19,22,25,28,31-41,43,45-49,51,53-56H2,1-5H3,(H-,60,63,64,65)/b10-8-,16-14-,21-20-,24-23-,27-26-,30-29-,44-42+,52-50+. The lowest BCUT2D eigenvalue weighted by molar-refractivity contribution is -0.870. The number of amides is 1. The van der Waals surface area contributed by atoms with Crippen LogP contribution in [0.4, 0.5) is 0 Å². The number of aliphatic hydroxyl groups excluding tert-OH is 1. The van der Waals surface area contributed by atoms with Crippen LogP contribution in [-0.4, -0.2) is 68.5 Å². The molecule has 68 heavy (non-hydrogen) atoms. The van der Waals surface area contributed by atoms with Crippen LogP contribution in [0.2, 0.25) is 0 Å². The molecule has 0 saturated heterocycles. The van der Waals surface area contributed by atoms with E-state index in [-0.39, 0.29) is 12.5 Å². The Kier molecular flexibility index (Phi) is 47.5. The van der Waals surface area contributed by atoms with Gasteiger partial charge in [0.2, 0.25) is 5.91 Å². The Labute approximate surface area is 419 Å². The minimum atomic E-state index is -4.60. The third kappa shape index (κ3) is 51.3. The smallest absolute Gasteiger partial charge is 0.268 e. The fraction of sp³-hybridized carbons (Fsp3) is 0.712. The number of aliphatic hydroxyl groups is 1. The van der Waals surface area contributed by atoms with Gasteiger partial charge in [0.15, 0.2) is 0 Å². The lowest BCUT2D eigenvalue weighted by Gasteiger charge is -2.29. The van der Waals surface area contributed by atoms with Gasteiger partial charge in [0.05, 0.1) is 39.9 Å². The van der Waals surface area contributed by atoms with Gasteiger partial charge >= 0.3 is 0 Å². The van der Waals surface area contributed by atoms with Crippen LogP contribution in [0.3, 0.4) is 0 Å². The summed E-state index contributed by atoms with van der Waals surface area (Å²) in [6.07, 6.45) is 70.6. The normalized spacial score (nSPS) is 14.8. The zero-order chi connectivity index (χ0) is 49.9. The third-order valence-electron chi connectivity index (χ3n) is 11.8. The minimum Gasteiger partial charge on any atom is -0.756 e. The highest BCUT2D eigenvalue weighted by atomic mass is 31.2. The maximum Gasteiger partial charge on any atom is 0.268 e. The van der Waals surface area contributed by atoms with Crippen LogP contribution in [-0.2, 0) is 18.4 Å². The molecule has 0 bridgehead atoms. The van der Waals surface area contributed by atoms with Crippen molar-refractivity contribution in [3.63, 3.8) is 0 Å². The molecule has 1 amide bonds. The fourth-order valence-corrected chi connectivity index (χ4v) is 8.19. The number of rotatable bonds is 49. The lowest BCUT2D eigenvalue weighted by Crippen LogP contribution is -2.45. The molecule has 0 aliphatic heterocycles. The summed E-state index contributed by atoms with van der Waals surface area (Å²) in [5.41, 5.74) is 0. The molecule has 0 aliphatic carbocycles. The molecule has 0 aromatic rings. The molecule has 392 valence electrons. The van der Waals surface area contributed by atoms with Crippen LogP contribution in [0.1, 0.15) is 219 Å². The van der Waals surface area contributed by atoms with E-state index in [0.717, 1.165) is 77.0 Å². The predicted octanol–water partition coefficient (Wildman–Crippen LogP) is 16.0. The monoisotopic (exact) mass is 969 g/mol. The Hall–Kier alpha value is -2.58. The van der Waals surface area contributed by atoms with E-state index in [4.69, 9.17) is 9.05 Å². The van der Waals surface area contributed by atoms with Crippen molar-refractivity contribution in [2.45, 2.75) is 231 Å². The second-order valence-electron chi connectivity index (χ2n) is 19.5. The Balaban J connectivity index is 4.12. The minimum absolute atomic E-state index is 0.00995. The first-order valence-electron chi connectivity index (χ1n) is 27.6. The van der Waals surface area contributed by atoms with Crippen LogP contribution in [0.15, 0.2) is 97.2 Å². The van der Waals surface area contributed by atoms with Crippen LogP contribution in [0.5, 0.6) is 0 Å². The van der Waals surface area contributed by atoms with Crippen molar-refractivity contribution < 1.29 is 32.9 Å². The van der Waals surface area contributed by atoms with E-state index in [1.54, 1.807) is 6.08 Å². The van der Waals surface area contributed by atoms with Gasteiger partial charge in [0.25, 0.3) is 7.82 Å². The fourth-order valence-electron chi connectivity index (χ4n) is 7.47. The van der Waals surface area contributed by atoms with E-state index in [1.165, 1.54) is 122 Å². The highest BCUT2D eigenvalue weighted by molar-refractivity contribution is 7.45. The van der Waals surface area contributed by atoms with Gasteiger partial charge in [-0.15, -0.1) is 0 Å². The second kappa shape index (κ2) is 49.4. The molecular weight excluding hydrogens is 864 g/mol. The number of allylic oxidation sites excluding steroid dienone is 15. The molecular formula is C59H105N2O6P. The van der Waals surface area contributed by atoms with E-state index < -0.39 is 26.6 Å². The first-order valence-corrected chi connectivity index (χ1v) is 29.1. The molecule has 8 nitrogen and oxygen atoms in total. The van der Waals surface area contributed by atoms with Crippen molar-refractivity contribution in [2.24, 2.45) is 0 Å². The number of carbonyl (C=O) groups excluding carboxylic acids is 1. The van der Waals surface area contributed by atoms with Gasteiger partial charge in [0, 0.05) is 6.42 Å². The Morgan fingerprint density at radius 3 is 1.37 bits per heavy atom. The molecule has 2 N–H and O–H groups in total. The SMILES string of the molecule is CC/C=C\C/C=C\C/C=C\C/C=C\C/C=C\C/C=C\CCCCCCCCCCCCCCCCC(=O)NC(COP(=O)([O-])OCC[N+](C)(C)C)C(O)/C=C/CC/C=C/CCCCCCCCC. The molecule has 0 rings (SSSR count). The molecule has 0 saturated carbocycles. The summed E-state index contributed by atoms with van der Waals surface area (Å²) in [6.45, 7) is 4.49. The van der Waals surface area contributed by atoms with Crippen molar-refractivity contribution >= 4 is 13.7 Å². The zero-order valence-electron chi connectivity index (χ0n) is 44.5. The van der Waals surface area contributed by atoms with Crippen LogP contribution in [0, 0.1) is 0 Å². The number of nitrogens with zero attached hydrogens (tertiary/aromatic N) is 1. The molecule has 0 radical (unpaired) electrons. The number of carbonyl (C=O) groups is 1. The van der Waals surface area contributed by atoms with Crippen molar-refractivity contribution in [2.75, 3.05) is 40.9 Å². The first kappa shape index (κ1) is 65.4. The molecule has 3 atom stereocenters. The van der Waals surface area contributed by atoms with Gasteiger partial charge in [-0.25, -0.2) is 0 Å². The number of quaternary nitrogens is 1. The summed E-state index contributed by atoms with van der Waals surface area (Å²) in [5.74, 6) is -0.212. The average Bonchev–Trinajstić information content (AvgIpc) is 3.30. The van der Waals surface area contributed by atoms with Gasteiger partial charge < -0.3 is 28.8 Å². The number of likely N-dealkylation sites (N-methyl/N-ethyl adjacent to an activating group) is 1. The number of hydrogen-bond acceptors (Lipinski definition) is 6. The highest BCUT2D eigenvalue weighted by Crippen LogP contribution is 2.38. The van der Waals surface area contributed by atoms with E-state index in [1.807, 2.05) is 27.2 Å². The summed E-state index contributed by atoms with van der Waals surface area (Å²) in [7, 11) is 1.23. The van der Waals surface area contributed by atoms with E-state index >= 15 is 0 Å². The lowest BCUT2D eigenvalue weighted by atomic mass is 10.0. The summed E-state index contributed by atoms with van der Waals surface area (Å²) < 4.78 is 23.3. The van der Waals surface area contributed by atoms with Gasteiger partial charge in [-0.3, -0.25) is 9.36 Å². The molecule has 3 unspecified atom stereocenters. The number of nitrogens with one attached hydrogen (secondary N) is 1. The molecule has 0 heterocycles. The summed E-state index contributed by atoms with van der Waals surface area (Å²) >= 11 is 0. The average molecular weight is 969 g/mol. The van der Waals surface area contributed by atoms with Crippen LogP contribution < -0.4 is 10.2 Å². The number of unbranched alkanes of at least 4 members (excludes halogenated alkanes) is 22. The molecule has 0 spiro atoms. The second-order valence-corrected chi connectivity index (χ2v) is 21.0. The van der Waals surface area contributed by atoms with Gasteiger partial charge in [-0.05, 0) is 83.5 Å². The number of hydrogen-bond donors (Lipinski definition) is 2. The van der Waals surface area contributed by atoms with Gasteiger partial charge in [-0.2, -0.15) is 0 Å². The molecule has 0 aromatic heterocycles. The van der Waals surface area contributed by atoms with E-state index in [9.17, 15) is 19.4 Å². The van der Waals surface area contributed by atoms with Gasteiger partial charge in [-0.1, -0.05) is 227 Å². The third-order valence-corrected chi connectivity index (χ3v) is 12.7. The topological polar surface area (TPSA) is 108 Å². The molecule has 0 aromatic carbocycles. The quantitative estimate of drug-likeness (QED) is 0.0272. The Morgan fingerprint density at radius 1 is 0.529 bits per heavy atom. The number of phosphoric ester groups is 1. The summed E-state index contributed by atoms with van der Waals surface area (Å²) in [5, 5.41) is 13.8. The van der Waals surface area contributed by atoms with Crippen LogP contribution >= 0.6 is 7.82 Å². The maximum atomic E-state index is 12.9. The van der Waals surface area contributed by atoms with Crippen LogP contribution in [0.25, 0.3) is 0 Å². The summed E-state index contributed by atoms with van der Waals surface area (Å²) in [6, 6.07) is -0.907. The predicted molar refractivity (Wildman–Crippen MR) is 293 cm³/mol. The van der Waals surface area contributed by atoms with E-state index in [2.05, 4.69) is 104 Å². The molecule has 9 heteroatoms. The van der Waals surface area contributed by atoms with Crippen molar-refractivity contribution in [1.82, 2.24) is 5.32 Å². The highest BCUT2D eigenvalue weighted by Gasteiger charge is 2.23. The zero-order valence-corrected chi connectivity index (χ0v) is 45.4. The number of phosphoric acid groups is 1. The van der Waals surface area contributed by atoms with Crippen molar-refractivity contribution in [3.8, 4) is 0 Å². The Morgan fingerprint density at radius 2 is 0.912 bits per heavy atom.